The minimum atomic E-state index is 0.302. The molecule has 1 aliphatic heterocycles. The summed E-state index contributed by atoms with van der Waals surface area (Å²) in [6, 6.07) is 8.14. The van der Waals surface area contributed by atoms with Gasteiger partial charge in [0.2, 0.25) is 5.91 Å². The number of para-hydroxylation sites is 2. The predicted octanol–water partition coefficient (Wildman–Crippen LogP) is 3.41. The second-order valence-electron chi connectivity index (χ2n) is 6.78. The Morgan fingerprint density at radius 2 is 2.17 bits per heavy atom. The van der Waals surface area contributed by atoms with E-state index >= 15 is 0 Å². The molecule has 1 aliphatic carbocycles. The lowest BCUT2D eigenvalue weighted by atomic mass is 9.97. The van der Waals surface area contributed by atoms with Crippen molar-refractivity contribution in [1.82, 2.24) is 14.9 Å². The van der Waals surface area contributed by atoms with Crippen molar-refractivity contribution in [2.45, 2.75) is 31.6 Å². The van der Waals surface area contributed by atoms with Crippen LogP contribution in [0.4, 0.5) is 0 Å². The van der Waals surface area contributed by atoms with Crippen molar-refractivity contribution in [3.05, 3.63) is 30.1 Å². The van der Waals surface area contributed by atoms with Crippen molar-refractivity contribution in [3.8, 4) is 0 Å². The van der Waals surface area contributed by atoms with E-state index in [2.05, 4.69) is 11.1 Å². The summed E-state index contributed by atoms with van der Waals surface area (Å²) in [4.78, 5) is 22.6. The van der Waals surface area contributed by atoms with Crippen LogP contribution in [0.3, 0.4) is 0 Å². The van der Waals surface area contributed by atoms with E-state index in [1.165, 1.54) is 12.8 Å². The van der Waals surface area contributed by atoms with Crippen molar-refractivity contribution in [2.24, 2.45) is 5.92 Å². The van der Waals surface area contributed by atoms with E-state index < -0.39 is 0 Å². The third kappa shape index (κ3) is 3.55. The highest BCUT2D eigenvalue weighted by Gasteiger charge is 2.27. The first-order valence-electron chi connectivity index (χ1n) is 8.60. The van der Waals surface area contributed by atoms with Gasteiger partial charge < -0.3 is 9.88 Å². The van der Waals surface area contributed by atoms with Crippen LogP contribution < -0.4 is 0 Å². The monoisotopic (exact) mass is 329 g/mol. The van der Waals surface area contributed by atoms with E-state index in [1.807, 2.05) is 34.9 Å². The summed E-state index contributed by atoms with van der Waals surface area (Å²) in [5.41, 5.74) is 2.11. The number of H-pyrrole nitrogens is 1. The van der Waals surface area contributed by atoms with E-state index in [-0.39, 0.29) is 0 Å². The number of benzene rings is 1. The Morgan fingerprint density at radius 1 is 1.30 bits per heavy atom. The molecular formula is C18H23N3OS. The molecule has 1 atom stereocenters. The molecule has 1 N–H and O–H groups in total. The van der Waals surface area contributed by atoms with Crippen LogP contribution in [0, 0.1) is 5.92 Å². The number of aromatic amines is 1. The molecule has 5 heteroatoms. The molecule has 2 aromatic rings. The Morgan fingerprint density at radius 3 is 3.00 bits per heavy atom. The zero-order chi connectivity index (χ0) is 15.6. The van der Waals surface area contributed by atoms with E-state index in [9.17, 15) is 4.79 Å². The molecule has 0 unspecified atom stereocenters. The number of carbonyl (C=O) groups excluding carboxylic acids is 1. The van der Waals surface area contributed by atoms with Crippen LogP contribution in [0.5, 0.6) is 0 Å². The molecule has 1 saturated heterocycles. The highest BCUT2D eigenvalue weighted by molar-refractivity contribution is 7.99. The lowest BCUT2D eigenvalue weighted by molar-refractivity contribution is -0.129. The SMILES string of the molecule is O=C(CSCC1CC1)N1CCC[C@@H](c2nc3ccccc3[nH]2)C1. The van der Waals surface area contributed by atoms with Gasteiger partial charge >= 0.3 is 0 Å². The van der Waals surface area contributed by atoms with Gasteiger partial charge in [0, 0.05) is 19.0 Å². The average Bonchev–Trinajstić information content (AvgIpc) is 3.30. The molecule has 4 nitrogen and oxygen atoms in total. The van der Waals surface area contributed by atoms with Gasteiger partial charge in [-0.1, -0.05) is 12.1 Å². The van der Waals surface area contributed by atoms with Crippen LogP contribution in [-0.4, -0.2) is 45.4 Å². The topological polar surface area (TPSA) is 49.0 Å². The molecule has 1 aromatic heterocycles. The summed E-state index contributed by atoms with van der Waals surface area (Å²) in [5, 5.41) is 0. The van der Waals surface area contributed by atoms with Gasteiger partial charge in [-0.05, 0) is 49.5 Å². The molecule has 2 fully saturated rings. The van der Waals surface area contributed by atoms with Gasteiger partial charge in [0.1, 0.15) is 5.82 Å². The Hall–Kier alpha value is -1.49. The summed E-state index contributed by atoms with van der Waals surface area (Å²) < 4.78 is 0. The maximum absolute atomic E-state index is 12.4. The maximum Gasteiger partial charge on any atom is 0.232 e. The van der Waals surface area contributed by atoms with Gasteiger partial charge in [-0.25, -0.2) is 4.98 Å². The fourth-order valence-corrected chi connectivity index (χ4v) is 4.42. The quantitative estimate of drug-likeness (QED) is 0.914. The van der Waals surface area contributed by atoms with Crippen molar-refractivity contribution in [3.63, 3.8) is 0 Å². The zero-order valence-electron chi connectivity index (χ0n) is 13.3. The second-order valence-corrected chi connectivity index (χ2v) is 7.81. The summed E-state index contributed by atoms with van der Waals surface area (Å²) in [7, 11) is 0. The Kier molecular flexibility index (Phi) is 4.29. The molecule has 23 heavy (non-hydrogen) atoms. The molecule has 4 rings (SSSR count). The van der Waals surface area contributed by atoms with Crippen LogP contribution in [0.2, 0.25) is 0 Å². The number of piperidine rings is 1. The van der Waals surface area contributed by atoms with Crippen molar-refractivity contribution >= 4 is 28.7 Å². The number of aromatic nitrogens is 2. The summed E-state index contributed by atoms with van der Waals surface area (Å²) in [6.07, 6.45) is 4.90. The number of amides is 1. The van der Waals surface area contributed by atoms with Crippen LogP contribution >= 0.6 is 11.8 Å². The van der Waals surface area contributed by atoms with Gasteiger partial charge in [0.25, 0.3) is 0 Å². The summed E-state index contributed by atoms with van der Waals surface area (Å²) >= 11 is 1.81. The van der Waals surface area contributed by atoms with Gasteiger partial charge in [-0.3, -0.25) is 4.79 Å². The molecule has 1 aromatic carbocycles. The average molecular weight is 329 g/mol. The minimum absolute atomic E-state index is 0.302. The third-order valence-electron chi connectivity index (χ3n) is 4.84. The summed E-state index contributed by atoms with van der Waals surface area (Å²) in [6.45, 7) is 1.71. The first-order chi connectivity index (χ1) is 11.3. The molecule has 1 saturated carbocycles. The first kappa shape index (κ1) is 15.1. The zero-order valence-corrected chi connectivity index (χ0v) is 14.1. The first-order valence-corrected chi connectivity index (χ1v) is 9.75. The van der Waals surface area contributed by atoms with E-state index in [1.54, 1.807) is 0 Å². The number of fused-ring (bicyclic) bond motifs is 1. The van der Waals surface area contributed by atoms with Crippen LogP contribution in [-0.2, 0) is 4.79 Å². The lowest BCUT2D eigenvalue weighted by Crippen LogP contribution is -2.40. The number of rotatable bonds is 5. The van der Waals surface area contributed by atoms with E-state index in [0.717, 1.165) is 54.5 Å². The number of nitrogens with one attached hydrogen (secondary N) is 1. The molecular weight excluding hydrogens is 306 g/mol. The standard InChI is InChI=1S/C18H23N3OS/c22-17(12-23-11-13-7-8-13)21-9-3-4-14(10-21)18-19-15-5-1-2-6-16(15)20-18/h1-2,5-6,13-14H,3-4,7-12H2,(H,19,20)/t14-/m1/s1. The lowest BCUT2D eigenvalue weighted by Gasteiger charge is -2.31. The van der Waals surface area contributed by atoms with E-state index in [4.69, 9.17) is 4.98 Å². The van der Waals surface area contributed by atoms with Gasteiger partial charge in [0.15, 0.2) is 0 Å². The number of hydrogen-bond donors (Lipinski definition) is 1. The molecule has 0 radical (unpaired) electrons. The number of imidazole rings is 1. The number of likely N-dealkylation sites (tertiary alicyclic amines) is 1. The Balaban J connectivity index is 1.38. The largest absolute Gasteiger partial charge is 0.342 e. The molecule has 0 bridgehead atoms. The number of nitrogens with zero attached hydrogens (tertiary/aromatic N) is 2. The van der Waals surface area contributed by atoms with Crippen molar-refractivity contribution in [2.75, 3.05) is 24.6 Å². The smallest absolute Gasteiger partial charge is 0.232 e. The number of hydrogen-bond acceptors (Lipinski definition) is 3. The van der Waals surface area contributed by atoms with Crippen LogP contribution in [0.15, 0.2) is 24.3 Å². The molecule has 0 spiro atoms. The Bertz CT molecular complexity index is 661. The van der Waals surface area contributed by atoms with Crippen LogP contribution in [0.1, 0.15) is 37.4 Å². The Labute approximate surface area is 141 Å². The fraction of sp³-hybridized carbons (Fsp3) is 0.556. The molecule has 2 heterocycles. The van der Waals surface area contributed by atoms with Crippen molar-refractivity contribution in [1.29, 1.82) is 0 Å². The van der Waals surface area contributed by atoms with Crippen molar-refractivity contribution < 1.29 is 4.79 Å². The third-order valence-corrected chi connectivity index (χ3v) is 6.00. The number of carbonyl (C=O) groups is 1. The van der Waals surface area contributed by atoms with Crippen LogP contribution in [0.25, 0.3) is 11.0 Å². The number of thioether (sulfide) groups is 1. The molecule has 2 aliphatic rings. The van der Waals surface area contributed by atoms with E-state index in [0.29, 0.717) is 17.6 Å². The highest BCUT2D eigenvalue weighted by atomic mass is 32.2. The summed E-state index contributed by atoms with van der Waals surface area (Å²) in [5.74, 6) is 4.37. The van der Waals surface area contributed by atoms with Gasteiger partial charge in [0.05, 0.1) is 16.8 Å². The predicted molar refractivity (Wildman–Crippen MR) is 94.7 cm³/mol. The fourth-order valence-electron chi connectivity index (χ4n) is 3.28. The molecule has 1 amide bonds. The minimum Gasteiger partial charge on any atom is -0.342 e. The van der Waals surface area contributed by atoms with Gasteiger partial charge in [-0.2, -0.15) is 11.8 Å². The molecule has 122 valence electrons. The van der Waals surface area contributed by atoms with Gasteiger partial charge in [-0.15, -0.1) is 0 Å². The maximum atomic E-state index is 12.4. The highest BCUT2D eigenvalue weighted by Crippen LogP contribution is 2.32. The normalized spacial score (nSPS) is 21.7. The second kappa shape index (κ2) is 6.56.